The first-order valence-corrected chi connectivity index (χ1v) is 8.67. The van der Waals surface area contributed by atoms with Gasteiger partial charge in [-0.15, -0.1) is 11.3 Å². The summed E-state index contributed by atoms with van der Waals surface area (Å²) in [5.74, 6) is -1.23. The summed E-state index contributed by atoms with van der Waals surface area (Å²) < 4.78 is 47.5. The fourth-order valence-corrected chi connectivity index (χ4v) is 3.42. The average Bonchev–Trinajstić information content (AvgIpc) is 3.21. The van der Waals surface area contributed by atoms with Crippen LogP contribution in [0, 0.1) is 6.92 Å². The summed E-state index contributed by atoms with van der Waals surface area (Å²) in [6, 6.07) is 0. The molecule has 0 spiro atoms. The van der Waals surface area contributed by atoms with E-state index >= 15 is 0 Å². The molecule has 3 heterocycles. The molecule has 28 heavy (non-hydrogen) atoms. The Bertz CT molecular complexity index is 1170. The van der Waals surface area contributed by atoms with Gasteiger partial charge in [0.15, 0.2) is 11.2 Å². The second-order valence-electron chi connectivity index (χ2n) is 5.99. The van der Waals surface area contributed by atoms with Gasteiger partial charge < -0.3 is 9.30 Å². The summed E-state index contributed by atoms with van der Waals surface area (Å²) in [4.78, 5) is 44.0. The Morgan fingerprint density at radius 1 is 1.29 bits per heavy atom. The van der Waals surface area contributed by atoms with Crippen LogP contribution in [0.4, 0.5) is 13.2 Å². The second kappa shape index (κ2) is 6.89. The van der Waals surface area contributed by atoms with Gasteiger partial charge in [0.25, 0.3) is 5.56 Å². The standard InChI is InChI=1S/C15H14F3N5O4S/c1-7-5-28-12(20-7)10(15(16,17)18)27-8(24)4-23-6-19-11-9(23)13(25)22(3)14(26)21(11)2/h5-6,10H,4H2,1-3H3. The number of thiazole rings is 1. The average molecular weight is 417 g/mol. The second-order valence-corrected chi connectivity index (χ2v) is 6.88. The van der Waals surface area contributed by atoms with E-state index in [4.69, 9.17) is 0 Å². The van der Waals surface area contributed by atoms with Crippen LogP contribution in [0.5, 0.6) is 0 Å². The largest absolute Gasteiger partial charge is 0.444 e. The molecule has 0 saturated heterocycles. The van der Waals surface area contributed by atoms with Gasteiger partial charge in [-0.3, -0.25) is 18.7 Å². The number of alkyl halides is 3. The van der Waals surface area contributed by atoms with Crippen molar-refractivity contribution in [2.45, 2.75) is 25.7 Å². The molecule has 1 atom stereocenters. The molecule has 0 aliphatic rings. The summed E-state index contributed by atoms with van der Waals surface area (Å²) in [6.45, 7) is 0.827. The third-order valence-corrected chi connectivity index (χ3v) is 4.93. The molecule has 0 aliphatic heterocycles. The monoisotopic (exact) mass is 417 g/mol. The topological polar surface area (TPSA) is 101 Å². The Labute approximate surface area is 158 Å². The molecule has 0 aromatic carbocycles. The molecule has 13 heteroatoms. The van der Waals surface area contributed by atoms with Gasteiger partial charge in [0, 0.05) is 25.2 Å². The highest BCUT2D eigenvalue weighted by Gasteiger charge is 2.46. The number of esters is 1. The molecular weight excluding hydrogens is 403 g/mol. The maximum Gasteiger partial charge on any atom is 0.432 e. The maximum atomic E-state index is 13.3. The Morgan fingerprint density at radius 2 is 1.96 bits per heavy atom. The van der Waals surface area contributed by atoms with Crippen molar-refractivity contribution < 1.29 is 22.7 Å². The van der Waals surface area contributed by atoms with E-state index in [1.54, 1.807) is 0 Å². The smallest absolute Gasteiger partial charge is 0.432 e. The lowest BCUT2D eigenvalue weighted by atomic mass is 10.3. The maximum absolute atomic E-state index is 13.3. The number of hydrogen-bond donors (Lipinski definition) is 0. The van der Waals surface area contributed by atoms with Crippen LogP contribution >= 0.6 is 11.3 Å². The number of carbonyl (C=O) groups excluding carboxylic acids is 1. The number of aromatic nitrogens is 5. The summed E-state index contributed by atoms with van der Waals surface area (Å²) in [5.41, 5.74) is -1.08. The third-order valence-electron chi connectivity index (χ3n) is 3.92. The van der Waals surface area contributed by atoms with E-state index in [-0.39, 0.29) is 11.2 Å². The predicted molar refractivity (Wildman–Crippen MR) is 92.0 cm³/mol. The van der Waals surface area contributed by atoms with E-state index in [2.05, 4.69) is 14.7 Å². The van der Waals surface area contributed by atoms with E-state index in [9.17, 15) is 27.6 Å². The highest BCUT2D eigenvalue weighted by atomic mass is 32.1. The Balaban J connectivity index is 1.93. The lowest BCUT2D eigenvalue weighted by Crippen LogP contribution is -2.37. The first kappa shape index (κ1) is 19.8. The Hall–Kier alpha value is -2.96. The molecule has 0 saturated carbocycles. The van der Waals surface area contributed by atoms with Crippen LogP contribution in [-0.4, -0.2) is 35.8 Å². The highest BCUT2D eigenvalue weighted by Crippen LogP contribution is 2.37. The number of fused-ring (bicyclic) bond motifs is 1. The molecule has 3 aromatic heterocycles. The summed E-state index contributed by atoms with van der Waals surface area (Å²) >= 11 is 0.726. The van der Waals surface area contributed by atoms with Crippen molar-refractivity contribution >= 4 is 28.5 Å². The van der Waals surface area contributed by atoms with Crippen molar-refractivity contribution in [3.8, 4) is 0 Å². The fraction of sp³-hybridized carbons (Fsp3) is 0.400. The van der Waals surface area contributed by atoms with Crippen LogP contribution in [0.2, 0.25) is 0 Å². The zero-order valence-electron chi connectivity index (χ0n) is 14.9. The number of aryl methyl sites for hydroxylation is 2. The number of ether oxygens (including phenoxy) is 1. The van der Waals surface area contributed by atoms with Crippen LogP contribution in [0.15, 0.2) is 21.3 Å². The quantitative estimate of drug-likeness (QED) is 0.588. The van der Waals surface area contributed by atoms with Crippen molar-refractivity contribution in [2.75, 3.05) is 0 Å². The normalized spacial score (nSPS) is 13.1. The zero-order chi connectivity index (χ0) is 20.8. The summed E-state index contributed by atoms with van der Waals surface area (Å²) in [6.07, 6.45) is -6.28. The minimum Gasteiger partial charge on any atom is -0.444 e. The molecule has 0 aliphatic carbocycles. The van der Waals surface area contributed by atoms with E-state index in [0.717, 1.165) is 31.4 Å². The van der Waals surface area contributed by atoms with Crippen molar-refractivity contribution in [1.82, 2.24) is 23.7 Å². The first-order valence-electron chi connectivity index (χ1n) is 7.79. The number of nitrogens with zero attached hydrogens (tertiary/aromatic N) is 5. The Morgan fingerprint density at radius 3 is 2.54 bits per heavy atom. The highest BCUT2D eigenvalue weighted by molar-refractivity contribution is 7.09. The zero-order valence-corrected chi connectivity index (χ0v) is 15.7. The van der Waals surface area contributed by atoms with Crippen molar-refractivity contribution in [2.24, 2.45) is 14.1 Å². The van der Waals surface area contributed by atoms with Gasteiger partial charge in [0.05, 0.1) is 6.33 Å². The van der Waals surface area contributed by atoms with Crippen molar-refractivity contribution in [3.63, 3.8) is 0 Å². The van der Waals surface area contributed by atoms with Gasteiger partial charge in [0.1, 0.15) is 11.6 Å². The van der Waals surface area contributed by atoms with Crippen LogP contribution in [0.25, 0.3) is 11.2 Å². The third kappa shape index (κ3) is 3.44. The Kier molecular flexibility index (Phi) is 4.87. The molecule has 150 valence electrons. The van der Waals surface area contributed by atoms with E-state index in [1.165, 1.54) is 26.4 Å². The van der Waals surface area contributed by atoms with Crippen LogP contribution < -0.4 is 11.2 Å². The van der Waals surface area contributed by atoms with Crippen molar-refractivity contribution in [1.29, 1.82) is 0 Å². The van der Waals surface area contributed by atoms with Crippen LogP contribution in [-0.2, 0) is 30.2 Å². The molecule has 0 fully saturated rings. The lowest BCUT2D eigenvalue weighted by molar-refractivity contribution is -0.224. The van der Waals surface area contributed by atoms with E-state index in [0.29, 0.717) is 5.69 Å². The fourth-order valence-electron chi connectivity index (χ4n) is 2.57. The van der Waals surface area contributed by atoms with Gasteiger partial charge >= 0.3 is 17.8 Å². The molecule has 0 N–H and O–H groups in total. The molecule has 0 bridgehead atoms. The molecular formula is C15H14F3N5O4S. The molecule has 9 nitrogen and oxygen atoms in total. The molecule has 0 amide bonds. The van der Waals surface area contributed by atoms with Gasteiger partial charge in [-0.25, -0.2) is 14.8 Å². The van der Waals surface area contributed by atoms with Gasteiger partial charge in [-0.05, 0) is 6.92 Å². The summed E-state index contributed by atoms with van der Waals surface area (Å²) in [7, 11) is 2.62. The van der Waals surface area contributed by atoms with E-state index in [1.807, 2.05) is 0 Å². The lowest BCUT2D eigenvalue weighted by Gasteiger charge is -2.18. The number of carbonyl (C=O) groups is 1. The first-order chi connectivity index (χ1) is 13.0. The number of imidazole rings is 1. The van der Waals surface area contributed by atoms with Crippen molar-refractivity contribution in [3.05, 3.63) is 43.2 Å². The molecule has 3 rings (SSSR count). The number of rotatable bonds is 4. The van der Waals surface area contributed by atoms with Crippen LogP contribution in [0.3, 0.4) is 0 Å². The van der Waals surface area contributed by atoms with Crippen LogP contribution in [0.1, 0.15) is 16.8 Å². The molecule has 3 aromatic rings. The minimum atomic E-state index is -4.85. The SMILES string of the molecule is Cc1csc(C(OC(=O)Cn2cnc3c2c(=O)n(C)c(=O)n3C)C(F)(F)F)n1. The predicted octanol–water partition coefficient (Wildman–Crippen LogP) is 1.05. The van der Waals surface area contributed by atoms with Gasteiger partial charge in [-0.2, -0.15) is 13.2 Å². The number of halogens is 3. The minimum absolute atomic E-state index is 0.00354. The molecule has 1 unspecified atom stereocenters. The number of hydrogen-bond acceptors (Lipinski definition) is 7. The molecule has 0 radical (unpaired) electrons. The van der Waals surface area contributed by atoms with Gasteiger partial charge in [-0.1, -0.05) is 0 Å². The summed E-state index contributed by atoms with van der Waals surface area (Å²) in [5, 5.41) is 1.02. The van der Waals surface area contributed by atoms with Gasteiger partial charge in [0.2, 0.25) is 6.10 Å². The van der Waals surface area contributed by atoms with E-state index < -0.39 is 41.1 Å².